The number of alkyl halides is 3. The Bertz CT molecular complexity index is 564. The van der Waals surface area contributed by atoms with Gasteiger partial charge in [-0.1, -0.05) is 6.92 Å². The van der Waals surface area contributed by atoms with Crippen LogP contribution in [0.1, 0.15) is 18.2 Å². The number of nitrogen functional groups attached to an aromatic ring is 1. The third-order valence-electron chi connectivity index (χ3n) is 2.45. The van der Waals surface area contributed by atoms with Gasteiger partial charge in [-0.3, -0.25) is 0 Å². The van der Waals surface area contributed by atoms with Crippen LogP contribution in [0, 0.1) is 0 Å². The molecule has 0 aliphatic heterocycles. The fourth-order valence-corrected chi connectivity index (χ4v) is 1.66. The molecule has 0 saturated heterocycles. The normalized spacial score (nSPS) is 12.0. The van der Waals surface area contributed by atoms with Crippen molar-refractivity contribution in [1.29, 1.82) is 0 Å². The fourth-order valence-electron chi connectivity index (χ4n) is 1.66. The Labute approximate surface area is 95.5 Å². The number of hydrogen-bond donors (Lipinski definition) is 1. The summed E-state index contributed by atoms with van der Waals surface area (Å²) < 4.78 is 37.7. The minimum Gasteiger partial charge on any atom is -0.368 e. The van der Waals surface area contributed by atoms with Crippen LogP contribution in [0.4, 0.5) is 19.1 Å². The summed E-state index contributed by atoms with van der Waals surface area (Å²) in [7, 11) is 0. The van der Waals surface area contributed by atoms with E-state index in [0.717, 1.165) is 12.1 Å². The predicted molar refractivity (Wildman–Crippen MR) is 58.3 cm³/mol. The SMILES string of the molecule is CCc1nc(N)nc2ccc(C(F)(F)F)cc12. The molecule has 0 atom stereocenters. The van der Waals surface area contributed by atoms with Gasteiger partial charge in [-0.2, -0.15) is 13.2 Å². The Balaban J connectivity index is 2.72. The van der Waals surface area contributed by atoms with Crippen molar-refractivity contribution < 1.29 is 13.2 Å². The number of aryl methyl sites for hydroxylation is 1. The van der Waals surface area contributed by atoms with E-state index in [0.29, 0.717) is 23.0 Å². The standard InChI is InChI=1S/C11H10F3N3/c1-2-8-7-5-6(11(12,13)14)3-4-9(7)17-10(15)16-8/h3-5H,2H2,1H3,(H2,15,16,17). The average molecular weight is 241 g/mol. The van der Waals surface area contributed by atoms with Crippen LogP contribution in [-0.4, -0.2) is 9.97 Å². The molecule has 0 spiro atoms. The molecule has 0 bridgehead atoms. The molecule has 2 aromatic rings. The lowest BCUT2D eigenvalue weighted by Gasteiger charge is -2.09. The van der Waals surface area contributed by atoms with E-state index in [2.05, 4.69) is 9.97 Å². The number of rotatable bonds is 1. The number of anilines is 1. The lowest BCUT2D eigenvalue weighted by molar-refractivity contribution is -0.137. The summed E-state index contributed by atoms with van der Waals surface area (Å²) in [6.45, 7) is 1.81. The van der Waals surface area contributed by atoms with E-state index in [9.17, 15) is 13.2 Å². The van der Waals surface area contributed by atoms with Gasteiger partial charge in [0, 0.05) is 5.39 Å². The van der Waals surface area contributed by atoms with Crippen molar-refractivity contribution in [3.63, 3.8) is 0 Å². The second-order valence-corrected chi connectivity index (χ2v) is 3.61. The molecule has 0 amide bonds. The minimum atomic E-state index is -4.36. The van der Waals surface area contributed by atoms with E-state index in [-0.39, 0.29) is 5.95 Å². The molecule has 3 nitrogen and oxygen atoms in total. The highest BCUT2D eigenvalue weighted by Crippen LogP contribution is 2.31. The number of halogens is 3. The zero-order valence-corrected chi connectivity index (χ0v) is 9.04. The molecular weight excluding hydrogens is 231 g/mol. The minimum absolute atomic E-state index is 0.0779. The van der Waals surface area contributed by atoms with E-state index in [1.54, 1.807) is 0 Å². The van der Waals surface area contributed by atoms with E-state index in [4.69, 9.17) is 5.73 Å². The molecule has 1 aromatic heterocycles. The van der Waals surface area contributed by atoms with Crippen LogP contribution in [0.25, 0.3) is 10.9 Å². The Morgan fingerprint density at radius 2 is 1.94 bits per heavy atom. The lowest BCUT2D eigenvalue weighted by Crippen LogP contribution is -2.06. The lowest BCUT2D eigenvalue weighted by atomic mass is 10.1. The molecule has 90 valence electrons. The van der Waals surface area contributed by atoms with Gasteiger partial charge in [0.05, 0.1) is 16.8 Å². The number of hydrogen-bond acceptors (Lipinski definition) is 3. The first-order valence-corrected chi connectivity index (χ1v) is 5.05. The number of nitrogens with zero attached hydrogens (tertiary/aromatic N) is 2. The van der Waals surface area contributed by atoms with Gasteiger partial charge < -0.3 is 5.73 Å². The predicted octanol–water partition coefficient (Wildman–Crippen LogP) is 2.79. The summed E-state index contributed by atoms with van der Waals surface area (Å²) >= 11 is 0. The monoisotopic (exact) mass is 241 g/mol. The fraction of sp³-hybridized carbons (Fsp3) is 0.273. The zero-order chi connectivity index (χ0) is 12.6. The molecule has 1 aromatic carbocycles. The number of fused-ring (bicyclic) bond motifs is 1. The van der Waals surface area contributed by atoms with Crippen molar-refractivity contribution in [2.45, 2.75) is 19.5 Å². The Kier molecular flexibility index (Phi) is 2.65. The third kappa shape index (κ3) is 2.15. The topological polar surface area (TPSA) is 51.8 Å². The summed E-state index contributed by atoms with van der Waals surface area (Å²) in [5.41, 5.74) is 5.74. The first kappa shape index (κ1) is 11.6. The van der Waals surface area contributed by atoms with Gasteiger partial charge in [-0.25, -0.2) is 9.97 Å². The molecule has 0 saturated carbocycles. The summed E-state index contributed by atoms with van der Waals surface area (Å²) in [6, 6.07) is 3.37. The first-order chi connectivity index (χ1) is 7.91. The molecule has 2 rings (SSSR count). The number of benzene rings is 1. The maximum Gasteiger partial charge on any atom is 0.416 e. The molecule has 2 N–H and O–H groups in total. The summed E-state index contributed by atoms with van der Waals surface area (Å²) in [5, 5.41) is 0.400. The second kappa shape index (κ2) is 3.87. The van der Waals surface area contributed by atoms with Crippen LogP contribution in [-0.2, 0) is 12.6 Å². The third-order valence-corrected chi connectivity index (χ3v) is 2.45. The molecule has 17 heavy (non-hydrogen) atoms. The maximum absolute atomic E-state index is 12.6. The van der Waals surface area contributed by atoms with E-state index in [1.807, 2.05) is 6.92 Å². The summed E-state index contributed by atoms with van der Waals surface area (Å²) in [6.07, 6.45) is -3.86. The summed E-state index contributed by atoms with van der Waals surface area (Å²) in [4.78, 5) is 7.85. The van der Waals surface area contributed by atoms with Crippen LogP contribution in [0.15, 0.2) is 18.2 Å². The van der Waals surface area contributed by atoms with Crippen LogP contribution in [0.2, 0.25) is 0 Å². The van der Waals surface area contributed by atoms with Crippen molar-refractivity contribution in [3.05, 3.63) is 29.5 Å². The largest absolute Gasteiger partial charge is 0.416 e. The molecule has 0 unspecified atom stereocenters. The molecule has 0 radical (unpaired) electrons. The van der Waals surface area contributed by atoms with Gasteiger partial charge in [0.1, 0.15) is 0 Å². The van der Waals surface area contributed by atoms with Crippen LogP contribution >= 0.6 is 0 Å². The van der Waals surface area contributed by atoms with Gasteiger partial charge in [0.15, 0.2) is 0 Å². The summed E-state index contributed by atoms with van der Waals surface area (Å²) in [5.74, 6) is 0.0779. The zero-order valence-electron chi connectivity index (χ0n) is 9.04. The maximum atomic E-state index is 12.6. The molecular formula is C11H10F3N3. The van der Waals surface area contributed by atoms with Gasteiger partial charge in [0.2, 0.25) is 5.95 Å². The van der Waals surface area contributed by atoms with E-state index in [1.165, 1.54) is 6.07 Å². The van der Waals surface area contributed by atoms with Gasteiger partial charge in [-0.15, -0.1) is 0 Å². The molecule has 1 heterocycles. The molecule has 0 fully saturated rings. The van der Waals surface area contributed by atoms with E-state index >= 15 is 0 Å². The van der Waals surface area contributed by atoms with Gasteiger partial charge in [-0.05, 0) is 24.6 Å². The van der Waals surface area contributed by atoms with Crippen molar-refractivity contribution >= 4 is 16.9 Å². The highest BCUT2D eigenvalue weighted by atomic mass is 19.4. The Morgan fingerprint density at radius 3 is 2.53 bits per heavy atom. The Hall–Kier alpha value is -1.85. The highest BCUT2D eigenvalue weighted by molar-refractivity contribution is 5.82. The van der Waals surface area contributed by atoms with Crippen molar-refractivity contribution in [3.8, 4) is 0 Å². The smallest absolute Gasteiger partial charge is 0.368 e. The number of nitrogens with two attached hydrogens (primary N) is 1. The second-order valence-electron chi connectivity index (χ2n) is 3.61. The van der Waals surface area contributed by atoms with Crippen LogP contribution in [0.3, 0.4) is 0 Å². The quantitative estimate of drug-likeness (QED) is 0.835. The van der Waals surface area contributed by atoms with Crippen LogP contribution < -0.4 is 5.73 Å². The van der Waals surface area contributed by atoms with Gasteiger partial charge in [0.25, 0.3) is 0 Å². The number of aromatic nitrogens is 2. The molecule has 6 heteroatoms. The van der Waals surface area contributed by atoms with Crippen molar-refractivity contribution in [2.24, 2.45) is 0 Å². The molecule has 0 aliphatic rings. The highest BCUT2D eigenvalue weighted by Gasteiger charge is 2.30. The Morgan fingerprint density at radius 1 is 1.24 bits per heavy atom. The van der Waals surface area contributed by atoms with Gasteiger partial charge >= 0.3 is 6.18 Å². The molecule has 0 aliphatic carbocycles. The van der Waals surface area contributed by atoms with Crippen molar-refractivity contribution in [1.82, 2.24) is 9.97 Å². The van der Waals surface area contributed by atoms with Crippen molar-refractivity contribution in [2.75, 3.05) is 5.73 Å². The first-order valence-electron chi connectivity index (χ1n) is 5.05. The van der Waals surface area contributed by atoms with Crippen LogP contribution in [0.5, 0.6) is 0 Å². The average Bonchev–Trinajstić information content (AvgIpc) is 2.25. The van der Waals surface area contributed by atoms with E-state index < -0.39 is 11.7 Å².